The number of fused-ring (bicyclic) bond motifs is 1. The van der Waals surface area contributed by atoms with Gasteiger partial charge in [-0.15, -0.1) is 5.10 Å². The van der Waals surface area contributed by atoms with Crippen LogP contribution in [0.4, 0.5) is 15.8 Å². The summed E-state index contributed by atoms with van der Waals surface area (Å²) < 4.78 is 15.5. The van der Waals surface area contributed by atoms with Crippen LogP contribution in [0.25, 0.3) is 16.6 Å². The number of pyridine rings is 2. The molecule has 0 fully saturated rings. The van der Waals surface area contributed by atoms with Crippen LogP contribution in [-0.2, 0) is 0 Å². The highest BCUT2D eigenvalue weighted by Gasteiger charge is 2.21. The molecule has 0 unspecified atom stereocenters. The molecule has 0 bridgehead atoms. The molecule has 0 spiro atoms. The van der Waals surface area contributed by atoms with Crippen molar-refractivity contribution in [1.29, 1.82) is 5.26 Å². The van der Waals surface area contributed by atoms with Crippen molar-refractivity contribution in [3.05, 3.63) is 137 Å². The van der Waals surface area contributed by atoms with Gasteiger partial charge in [-0.2, -0.15) is 5.26 Å². The van der Waals surface area contributed by atoms with Crippen LogP contribution in [-0.4, -0.2) is 25.0 Å². The van der Waals surface area contributed by atoms with Crippen molar-refractivity contribution in [3.63, 3.8) is 0 Å². The zero-order valence-electron chi connectivity index (χ0n) is 23.1. The van der Waals surface area contributed by atoms with Gasteiger partial charge in [0.1, 0.15) is 17.6 Å². The van der Waals surface area contributed by atoms with Gasteiger partial charge < -0.3 is 10.6 Å². The number of halogens is 2. The molecule has 212 valence electrons. The molecule has 0 saturated heterocycles. The highest BCUT2D eigenvalue weighted by molar-refractivity contribution is 6.35. The lowest BCUT2D eigenvalue weighted by Gasteiger charge is -2.22. The smallest absolute Gasteiger partial charge is 0.123 e. The molecule has 8 nitrogen and oxygen atoms in total. The summed E-state index contributed by atoms with van der Waals surface area (Å²) >= 11 is 6.80. The minimum absolute atomic E-state index is 0.0375. The molecule has 2 N–H and O–H groups in total. The molecule has 43 heavy (non-hydrogen) atoms. The zero-order valence-corrected chi connectivity index (χ0v) is 23.9. The molecule has 10 heteroatoms. The molecule has 3 aromatic heterocycles. The molecule has 0 aliphatic carbocycles. The second-order valence-corrected chi connectivity index (χ2v) is 10.4. The third-order valence-corrected chi connectivity index (χ3v) is 7.51. The fraction of sp³-hybridized carbons (Fsp3) is 0.121. The van der Waals surface area contributed by atoms with Crippen LogP contribution in [0.3, 0.4) is 0 Å². The second-order valence-electron chi connectivity index (χ2n) is 9.95. The van der Waals surface area contributed by atoms with Gasteiger partial charge in [-0.25, -0.2) is 9.07 Å². The molecular weight excluding hydrogens is 563 g/mol. The summed E-state index contributed by atoms with van der Waals surface area (Å²) in [5, 5.41) is 27.0. The Bertz CT molecular complexity index is 1900. The van der Waals surface area contributed by atoms with Crippen LogP contribution >= 0.6 is 11.6 Å². The first kappa shape index (κ1) is 27.8. The van der Waals surface area contributed by atoms with E-state index in [4.69, 9.17) is 11.6 Å². The maximum atomic E-state index is 13.9. The average molecular weight is 589 g/mol. The summed E-state index contributed by atoms with van der Waals surface area (Å²) in [4.78, 5) is 8.57. The molecule has 6 rings (SSSR count). The minimum atomic E-state index is -0.499. The number of nitrogens with one attached hydrogen (secondary N) is 2. The van der Waals surface area contributed by atoms with Gasteiger partial charge in [0.25, 0.3) is 0 Å². The highest BCUT2D eigenvalue weighted by Crippen LogP contribution is 2.37. The lowest BCUT2D eigenvalue weighted by atomic mass is 10.0. The third kappa shape index (κ3) is 5.87. The van der Waals surface area contributed by atoms with E-state index in [-0.39, 0.29) is 11.9 Å². The van der Waals surface area contributed by atoms with Crippen LogP contribution in [0.15, 0.2) is 104 Å². The van der Waals surface area contributed by atoms with Gasteiger partial charge in [0, 0.05) is 29.7 Å². The first-order chi connectivity index (χ1) is 21.0. The van der Waals surface area contributed by atoms with Gasteiger partial charge in [-0.3, -0.25) is 9.97 Å². The molecule has 2 atom stereocenters. The van der Waals surface area contributed by atoms with Crippen LogP contribution < -0.4 is 10.6 Å². The minimum Gasteiger partial charge on any atom is -0.377 e. The fourth-order valence-corrected chi connectivity index (χ4v) is 5.31. The van der Waals surface area contributed by atoms with E-state index < -0.39 is 6.04 Å². The Morgan fingerprint density at radius 2 is 1.74 bits per heavy atom. The molecule has 6 aromatic rings. The normalized spacial score (nSPS) is 12.4. The monoisotopic (exact) mass is 588 g/mol. The summed E-state index contributed by atoms with van der Waals surface area (Å²) in [5.41, 5.74) is 5.58. The molecule has 3 heterocycles. The van der Waals surface area contributed by atoms with Gasteiger partial charge >= 0.3 is 0 Å². The standard InChI is InChI=1S/C33H26ClFN8/c1-2-29(21-6-4-3-5-7-21)40-31-23(18-36)19-38-33-27(31)16-25(17-28(33)34)39-32(22-8-10-24(35)11-9-22)30-20-43(42-41-30)26-12-14-37-15-13-26/h3-17,19-20,29,32,39H,2H2,1H3,(H,38,40)/t29-,32+/m1/s1. The molecular formula is C33H26ClFN8. The van der Waals surface area contributed by atoms with Crippen molar-refractivity contribution < 1.29 is 4.39 Å². The van der Waals surface area contributed by atoms with E-state index >= 15 is 0 Å². The van der Waals surface area contributed by atoms with Gasteiger partial charge in [0.15, 0.2) is 0 Å². The maximum Gasteiger partial charge on any atom is 0.123 e. The first-order valence-corrected chi connectivity index (χ1v) is 14.1. The van der Waals surface area contributed by atoms with Crippen LogP contribution in [0.5, 0.6) is 0 Å². The lowest BCUT2D eigenvalue weighted by Crippen LogP contribution is -2.14. The van der Waals surface area contributed by atoms with Crippen molar-refractivity contribution in [2.75, 3.05) is 10.6 Å². The van der Waals surface area contributed by atoms with E-state index in [0.29, 0.717) is 38.6 Å². The van der Waals surface area contributed by atoms with Crippen molar-refractivity contribution in [1.82, 2.24) is 25.0 Å². The quantitative estimate of drug-likeness (QED) is 0.179. The van der Waals surface area contributed by atoms with E-state index in [1.54, 1.807) is 41.5 Å². The van der Waals surface area contributed by atoms with E-state index in [1.807, 2.05) is 42.6 Å². The van der Waals surface area contributed by atoms with Gasteiger partial charge in [0.05, 0.1) is 45.8 Å². The summed E-state index contributed by atoms with van der Waals surface area (Å²) in [5.74, 6) is -0.341. The zero-order chi connectivity index (χ0) is 29.8. The van der Waals surface area contributed by atoms with Crippen molar-refractivity contribution in [2.45, 2.75) is 25.4 Å². The Morgan fingerprint density at radius 3 is 2.47 bits per heavy atom. The Labute approximate surface area is 252 Å². The SMILES string of the molecule is CC[C@@H](Nc1c(C#N)cnc2c(Cl)cc(N[C@@H](c3ccc(F)cc3)c3cn(-c4ccncc4)nn3)cc12)c1ccccc1. The Morgan fingerprint density at radius 1 is 0.977 bits per heavy atom. The van der Waals surface area contributed by atoms with Crippen molar-refractivity contribution in [3.8, 4) is 11.8 Å². The number of anilines is 2. The lowest BCUT2D eigenvalue weighted by molar-refractivity contribution is 0.626. The summed E-state index contributed by atoms with van der Waals surface area (Å²) in [6, 6.07) is 25.4. The third-order valence-electron chi connectivity index (χ3n) is 7.22. The number of hydrogen-bond donors (Lipinski definition) is 2. The predicted octanol–water partition coefficient (Wildman–Crippen LogP) is 7.64. The average Bonchev–Trinajstić information content (AvgIpc) is 3.54. The number of nitrogens with zero attached hydrogens (tertiary/aromatic N) is 6. The van der Waals surface area contributed by atoms with Crippen molar-refractivity contribution >= 4 is 33.9 Å². The van der Waals surface area contributed by atoms with Gasteiger partial charge in [0.2, 0.25) is 0 Å². The predicted molar refractivity (Wildman–Crippen MR) is 166 cm³/mol. The van der Waals surface area contributed by atoms with E-state index in [9.17, 15) is 9.65 Å². The van der Waals surface area contributed by atoms with E-state index in [1.165, 1.54) is 12.1 Å². The molecule has 0 saturated carbocycles. The number of hydrogen-bond acceptors (Lipinski definition) is 7. The largest absolute Gasteiger partial charge is 0.377 e. The van der Waals surface area contributed by atoms with Crippen LogP contribution in [0.2, 0.25) is 5.02 Å². The Hall–Kier alpha value is -5.33. The summed E-state index contributed by atoms with van der Waals surface area (Å²) in [6.45, 7) is 2.09. The fourth-order valence-electron chi connectivity index (χ4n) is 5.05. The van der Waals surface area contributed by atoms with Gasteiger partial charge in [-0.05, 0) is 53.9 Å². The Kier molecular flexibility index (Phi) is 7.94. The number of aromatic nitrogens is 5. The topological polar surface area (TPSA) is 104 Å². The molecule has 0 amide bonds. The maximum absolute atomic E-state index is 13.9. The summed E-state index contributed by atoms with van der Waals surface area (Å²) in [7, 11) is 0. The highest BCUT2D eigenvalue weighted by atomic mass is 35.5. The molecule has 0 radical (unpaired) electrons. The number of nitriles is 1. The molecule has 3 aromatic carbocycles. The second kappa shape index (κ2) is 12.3. The molecule has 0 aliphatic rings. The number of rotatable bonds is 9. The van der Waals surface area contributed by atoms with Gasteiger partial charge in [-0.1, -0.05) is 66.2 Å². The Balaban J connectivity index is 1.43. The molecule has 0 aliphatic heterocycles. The summed E-state index contributed by atoms with van der Waals surface area (Å²) in [6.07, 6.45) is 7.51. The van der Waals surface area contributed by atoms with Crippen LogP contribution in [0.1, 0.15) is 47.8 Å². The van der Waals surface area contributed by atoms with Crippen molar-refractivity contribution in [2.24, 2.45) is 0 Å². The number of benzene rings is 3. The van der Waals surface area contributed by atoms with E-state index in [0.717, 1.165) is 23.2 Å². The first-order valence-electron chi connectivity index (χ1n) is 13.7. The van der Waals surface area contributed by atoms with E-state index in [2.05, 4.69) is 56.0 Å². The van der Waals surface area contributed by atoms with Crippen LogP contribution in [0, 0.1) is 17.1 Å².